The van der Waals surface area contributed by atoms with Gasteiger partial charge in [0.1, 0.15) is 0 Å². The minimum Gasteiger partial charge on any atom is -0.330 e. The Kier molecular flexibility index (Phi) is 7.18. The topological polar surface area (TPSA) is 32.5 Å². The minimum absolute atomic E-state index is 0.849. The molecule has 3 heteroatoms. The average Bonchev–Trinajstić information content (AvgIpc) is 2.81. The lowest BCUT2D eigenvalue weighted by Crippen LogP contribution is -2.38. The van der Waals surface area contributed by atoms with E-state index >= 15 is 0 Å². The lowest BCUT2D eigenvalue weighted by Gasteiger charge is -2.30. The van der Waals surface area contributed by atoms with Gasteiger partial charge in [0, 0.05) is 19.1 Å². The highest BCUT2D eigenvalue weighted by Gasteiger charge is 2.22. The molecule has 0 radical (unpaired) electrons. The van der Waals surface area contributed by atoms with Crippen molar-refractivity contribution in [3.63, 3.8) is 0 Å². The van der Waals surface area contributed by atoms with Gasteiger partial charge in [0.25, 0.3) is 0 Å². The van der Waals surface area contributed by atoms with E-state index in [0.717, 1.165) is 12.6 Å². The fourth-order valence-electron chi connectivity index (χ4n) is 3.68. The van der Waals surface area contributed by atoms with E-state index in [2.05, 4.69) is 9.80 Å². The molecule has 0 aromatic carbocycles. The van der Waals surface area contributed by atoms with Crippen LogP contribution in [-0.2, 0) is 0 Å². The fourth-order valence-corrected chi connectivity index (χ4v) is 3.68. The predicted molar refractivity (Wildman–Crippen MR) is 82.4 cm³/mol. The molecule has 19 heavy (non-hydrogen) atoms. The second kappa shape index (κ2) is 8.93. The first-order valence-corrected chi connectivity index (χ1v) is 8.56. The van der Waals surface area contributed by atoms with Gasteiger partial charge in [-0.1, -0.05) is 25.7 Å². The van der Waals surface area contributed by atoms with E-state index in [1.54, 1.807) is 0 Å². The van der Waals surface area contributed by atoms with Crippen molar-refractivity contribution in [2.24, 2.45) is 5.73 Å². The highest BCUT2D eigenvalue weighted by molar-refractivity contribution is 4.78. The molecule has 0 bridgehead atoms. The molecule has 0 atom stereocenters. The van der Waals surface area contributed by atoms with Crippen LogP contribution in [0, 0.1) is 0 Å². The summed E-state index contributed by atoms with van der Waals surface area (Å²) in [6.45, 7) is 7.32. The zero-order chi connectivity index (χ0) is 13.3. The third kappa shape index (κ3) is 5.41. The van der Waals surface area contributed by atoms with Crippen LogP contribution in [0.3, 0.4) is 0 Å². The third-order valence-corrected chi connectivity index (χ3v) is 4.89. The van der Waals surface area contributed by atoms with Gasteiger partial charge in [-0.05, 0) is 58.3 Å². The molecule has 2 rings (SSSR count). The van der Waals surface area contributed by atoms with E-state index in [9.17, 15) is 0 Å². The third-order valence-electron chi connectivity index (χ3n) is 4.89. The summed E-state index contributed by atoms with van der Waals surface area (Å²) in [5, 5.41) is 0. The number of nitrogens with zero attached hydrogens (tertiary/aromatic N) is 2. The Morgan fingerprint density at radius 3 is 2.32 bits per heavy atom. The maximum absolute atomic E-state index is 5.58. The van der Waals surface area contributed by atoms with E-state index in [0.29, 0.717) is 0 Å². The Hall–Kier alpha value is -0.120. The lowest BCUT2D eigenvalue weighted by atomic mass is 10.1. The molecule has 0 unspecified atom stereocenters. The molecular weight excluding hydrogens is 234 g/mol. The minimum atomic E-state index is 0.849. The zero-order valence-corrected chi connectivity index (χ0v) is 12.7. The van der Waals surface area contributed by atoms with E-state index in [-0.39, 0.29) is 0 Å². The zero-order valence-electron chi connectivity index (χ0n) is 12.7. The van der Waals surface area contributed by atoms with Crippen LogP contribution in [0.4, 0.5) is 0 Å². The summed E-state index contributed by atoms with van der Waals surface area (Å²) in [6.07, 6.45) is 12.6. The standard InChI is InChI=1S/C16H33N3/c17-10-5-6-11-18-12-7-13-19(15-14-18)16-8-3-1-2-4-9-16/h16H,1-15,17H2. The number of rotatable bonds is 5. The first kappa shape index (κ1) is 15.3. The molecule has 2 N–H and O–H groups in total. The Morgan fingerprint density at radius 1 is 0.789 bits per heavy atom. The first-order chi connectivity index (χ1) is 9.40. The molecule has 1 aliphatic heterocycles. The molecular formula is C16H33N3. The molecule has 112 valence electrons. The molecule has 0 amide bonds. The number of hydrogen-bond donors (Lipinski definition) is 1. The Morgan fingerprint density at radius 2 is 1.58 bits per heavy atom. The smallest absolute Gasteiger partial charge is 0.0112 e. The molecule has 1 heterocycles. The molecule has 0 aromatic rings. The van der Waals surface area contributed by atoms with E-state index < -0.39 is 0 Å². The van der Waals surface area contributed by atoms with Gasteiger partial charge in [0.05, 0.1) is 0 Å². The summed E-state index contributed by atoms with van der Waals surface area (Å²) in [5.41, 5.74) is 5.58. The quantitative estimate of drug-likeness (QED) is 0.613. The highest BCUT2D eigenvalue weighted by Crippen LogP contribution is 2.22. The van der Waals surface area contributed by atoms with E-state index in [1.165, 1.54) is 90.5 Å². The SMILES string of the molecule is NCCCCN1CCCN(C2CCCCCC2)CC1. The van der Waals surface area contributed by atoms with Crippen LogP contribution < -0.4 is 5.73 Å². The molecule has 2 aliphatic rings. The molecule has 2 fully saturated rings. The van der Waals surface area contributed by atoms with Crippen molar-refractivity contribution in [1.82, 2.24) is 9.80 Å². The molecule has 0 aromatic heterocycles. The number of hydrogen-bond acceptors (Lipinski definition) is 3. The molecule has 1 saturated carbocycles. The first-order valence-electron chi connectivity index (χ1n) is 8.56. The van der Waals surface area contributed by atoms with Crippen LogP contribution in [0.25, 0.3) is 0 Å². The normalized spacial score (nSPS) is 25.1. The fraction of sp³-hybridized carbons (Fsp3) is 1.00. The second-order valence-electron chi connectivity index (χ2n) is 6.37. The van der Waals surface area contributed by atoms with Crippen molar-refractivity contribution in [3.05, 3.63) is 0 Å². The van der Waals surface area contributed by atoms with Crippen molar-refractivity contribution in [1.29, 1.82) is 0 Å². The monoisotopic (exact) mass is 267 g/mol. The van der Waals surface area contributed by atoms with Gasteiger partial charge >= 0.3 is 0 Å². The summed E-state index contributed by atoms with van der Waals surface area (Å²) in [4.78, 5) is 5.46. The van der Waals surface area contributed by atoms with Gasteiger partial charge < -0.3 is 10.6 Å². The van der Waals surface area contributed by atoms with E-state index in [1.807, 2.05) is 0 Å². The Labute approximate surface area is 119 Å². The van der Waals surface area contributed by atoms with Gasteiger partial charge in [-0.2, -0.15) is 0 Å². The summed E-state index contributed by atoms with van der Waals surface area (Å²) in [7, 11) is 0. The molecule has 0 spiro atoms. The van der Waals surface area contributed by atoms with Gasteiger partial charge in [-0.15, -0.1) is 0 Å². The summed E-state index contributed by atoms with van der Waals surface area (Å²) in [5.74, 6) is 0. The van der Waals surface area contributed by atoms with Crippen molar-refractivity contribution in [3.8, 4) is 0 Å². The maximum Gasteiger partial charge on any atom is 0.0112 e. The van der Waals surface area contributed by atoms with Crippen molar-refractivity contribution < 1.29 is 0 Å². The highest BCUT2D eigenvalue weighted by atomic mass is 15.2. The summed E-state index contributed by atoms with van der Waals surface area (Å²) >= 11 is 0. The Bertz CT molecular complexity index is 224. The van der Waals surface area contributed by atoms with Gasteiger partial charge in [0.15, 0.2) is 0 Å². The van der Waals surface area contributed by atoms with Crippen LogP contribution in [-0.4, -0.2) is 55.1 Å². The second-order valence-corrected chi connectivity index (χ2v) is 6.37. The molecule has 3 nitrogen and oxygen atoms in total. The summed E-state index contributed by atoms with van der Waals surface area (Å²) in [6, 6.07) is 0.895. The lowest BCUT2D eigenvalue weighted by molar-refractivity contribution is 0.181. The number of unbranched alkanes of at least 4 members (excludes halogenated alkanes) is 1. The van der Waals surface area contributed by atoms with Crippen LogP contribution in [0.15, 0.2) is 0 Å². The average molecular weight is 267 g/mol. The largest absolute Gasteiger partial charge is 0.330 e. The molecule has 1 saturated heterocycles. The van der Waals surface area contributed by atoms with Crippen molar-refractivity contribution in [2.75, 3.05) is 39.3 Å². The maximum atomic E-state index is 5.58. The van der Waals surface area contributed by atoms with Crippen molar-refractivity contribution in [2.45, 2.75) is 63.8 Å². The van der Waals surface area contributed by atoms with Gasteiger partial charge in [0.2, 0.25) is 0 Å². The van der Waals surface area contributed by atoms with Crippen LogP contribution >= 0.6 is 0 Å². The van der Waals surface area contributed by atoms with Crippen LogP contribution in [0.5, 0.6) is 0 Å². The van der Waals surface area contributed by atoms with Crippen LogP contribution in [0.1, 0.15) is 57.8 Å². The van der Waals surface area contributed by atoms with Crippen molar-refractivity contribution >= 4 is 0 Å². The number of nitrogens with two attached hydrogens (primary N) is 1. The predicted octanol–water partition coefficient (Wildman–Crippen LogP) is 2.46. The Balaban J connectivity index is 1.72. The van der Waals surface area contributed by atoms with E-state index in [4.69, 9.17) is 5.73 Å². The van der Waals surface area contributed by atoms with Gasteiger partial charge in [-0.25, -0.2) is 0 Å². The van der Waals surface area contributed by atoms with Gasteiger partial charge in [-0.3, -0.25) is 4.90 Å². The molecule has 1 aliphatic carbocycles. The van der Waals surface area contributed by atoms with Crippen LogP contribution in [0.2, 0.25) is 0 Å². The summed E-state index contributed by atoms with van der Waals surface area (Å²) < 4.78 is 0.